The van der Waals surface area contributed by atoms with Crippen molar-refractivity contribution in [2.75, 3.05) is 0 Å². The molecule has 1 aromatic rings. The van der Waals surface area contributed by atoms with E-state index in [0.717, 1.165) is 0 Å². The molecule has 0 aliphatic carbocycles. The number of carbonyl (C=O) groups is 2. The lowest BCUT2D eigenvalue weighted by molar-refractivity contribution is -0.142. The van der Waals surface area contributed by atoms with E-state index in [1.165, 1.54) is 0 Å². The number of hydrogen-bond donors (Lipinski definition) is 2. The average Bonchev–Trinajstić information content (AvgIpc) is 2.26. The van der Waals surface area contributed by atoms with E-state index in [1.807, 2.05) is 0 Å². The molecule has 1 rings (SSSR count). The van der Waals surface area contributed by atoms with Gasteiger partial charge >= 0.3 is 5.97 Å². The van der Waals surface area contributed by atoms with Gasteiger partial charge in [0.1, 0.15) is 0 Å². The maximum atomic E-state index is 11.5. The monoisotopic (exact) mass is 255 g/mol. The molecule has 0 aliphatic heterocycles. The Morgan fingerprint density at radius 2 is 1.76 bits per heavy atom. The maximum absolute atomic E-state index is 11.5. The van der Waals surface area contributed by atoms with Gasteiger partial charge in [-0.3, -0.25) is 4.79 Å². The number of amides is 1. The van der Waals surface area contributed by atoms with E-state index in [1.54, 1.807) is 38.1 Å². The molecule has 1 aromatic carbocycles. The Hall–Kier alpha value is -1.55. The molecule has 0 aliphatic rings. The number of carboxylic acid groups (broad SMARTS) is 1. The van der Waals surface area contributed by atoms with Gasteiger partial charge in [-0.05, 0) is 17.7 Å². The van der Waals surface area contributed by atoms with E-state index in [-0.39, 0.29) is 11.8 Å². The van der Waals surface area contributed by atoms with E-state index in [2.05, 4.69) is 5.32 Å². The summed E-state index contributed by atoms with van der Waals surface area (Å²) in [5.41, 5.74) is 0.496. The molecule has 1 atom stereocenters. The van der Waals surface area contributed by atoms with Crippen LogP contribution in [0.25, 0.3) is 0 Å². The Morgan fingerprint density at radius 3 is 2.18 bits per heavy atom. The molecule has 0 aromatic heterocycles. The van der Waals surface area contributed by atoms with E-state index in [4.69, 9.17) is 16.7 Å². The van der Waals surface area contributed by atoms with Crippen LogP contribution in [0.3, 0.4) is 0 Å². The molecule has 92 valence electrons. The molecule has 5 heteroatoms. The van der Waals surface area contributed by atoms with Gasteiger partial charge in [0.2, 0.25) is 5.91 Å². The van der Waals surface area contributed by atoms with Crippen molar-refractivity contribution in [2.45, 2.75) is 19.9 Å². The Balaban J connectivity index is 2.90. The zero-order valence-electron chi connectivity index (χ0n) is 9.61. The molecule has 0 fully saturated rings. The number of aliphatic carboxylic acids is 1. The largest absolute Gasteiger partial charge is 0.479 e. The Bertz CT molecular complexity index is 414. The van der Waals surface area contributed by atoms with Gasteiger partial charge in [0.05, 0.1) is 0 Å². The highest BCUT2D eigenvalue weighted by molar-refractivity contribution is 6.30. The topological polar surface area (TPSA) is 66.4 Å². The van der Waals surface area contributed by atoms with Gasteiger partial charge in [-0.15, -0.1) is 0 Å². The zero-order chi connectivity index (χ0) is 13.0. The minimum atomic E-state index is -1.10. The predicted octanol–water partition coefficient (Wildman–Crippen LogP) is 2.24. The number of benzene rings is 1. The van der Waals surface area contributed by atoms with Crippen LogP contribution in [0.4, 0.5) is 0 Å². The summed E-state index contributed by atoms with van der Waals surface area (Å²) in [6.45, 7) is 3.41. The van der Waals surface area contributed by atoms with Crippen LogP contribution >= 0.6 is 11.6 Å². The number of hydrogen-bond acceptors (Lipinski definition) is 2. The third kappa shape index (κ3) is 3.75. The molecule has 0 heterocycles. The van der Waals surface area contributed by atoms with Gasteiger partial charge in [-0.25, -0.2) is 4.79 Å². The smallest absolute Gasteiger partial charge is 0.330 e. The van der Waals surface area contributed by atoms with Crippen molar-refractivity contribution in [2.24, 2.45) is 5.92 Å². The zero-order valence-corrected chi connectivity index (χ0v) is 10.4. The van der Waals surface area contributed by atoms with Crippen LogP contribution < -0.4 is 5.32 Å². The molecule has 4 nitrogen and oxygen atoms in total. The summed E-state index contributed by atoms with van der Waals surface area (Å²) in [6, 6.07) is 5.31. The van der Waals surface area contributed by atoms with Gasteiger partial charge in [0, 0.05) is 10.9 Å². The first-order valence-electron chi connectivity index (χ1n) is 5.20. The summed E-state index contributed by atoms with van der Waals surface area (Å²) in [4.78, 5) is 22.6. The summed E-state index contributed by atoms with van der Waals surface area (Å²) < 4.78 is 0. The molecule has 0 bridgehead atoms. The minimum absolute atomic E-state index is 0.260. The SMILES string of the molecule is CC(C)C(=O)NC(C(=O)O)c1ccc(Cl)cc1. The van der Waals surface area contributed by atoms with Gasteiger partial charge in [-0.1, -0.05) is 37.6 Å². The lowest BCUT2D eigenvalue weighted by atomic mass is 10.1. The second-order valence-corrected chi connectivity index (χ2v) is 4.42. The normalized spacial score (nSPS) is 12.2. The van der Waals surface area contributed by atoms with Crippen LogP contribution in [-0.2, 0) is 9.59 Å². The maximum Gasteiger partial charge on any atom is 0.330 e. The standard InChI is InChI=1S/C12H14ClNO3/c1-7(2)11(15)14-10(12(16)17)8-3-5-9(13)6-4-8/h3-7,10H,1-2H3,(H,14,15)(H,16,17). The number of carbonyl (C=O) groups excluding carboxylic acids is 1. The van der Waals surface area contributed by atoms with Crippen molar-refractivity contribution < 1.29 is 14.7 Å². The quantitative estimate of drug-likeness (QED) is 0.867. The van der Waals surface area contributed by atoms with E-state index >= 15 is 0 Å². The fraction of sp³-hybridized carbons (Fsp3) is 0.333. The fourth-order valence-electron chi connectivity index (χ4n) is 1.25. The molecule has 1 amide bonds. The number of halogens is 1. The summed E-state index contributed by atoms with van der Waals surface area (Å²) in [6.07, 6.45) is 0. The number of carboxylic acids is 1. The molecule has 1 unspecified atom stereocenters. The van der Waals surface area contributed by atoms with E-state index in [9.17, 15) is 9.59 Å². The third-order valence-corrected chi connectivity index (χ3v) is 2.51. The van der Waals surface area contributed by atoms with Gasteiger partial charge in [0.25, 0.3) is 0 Å². The lowest BCUT2D eigenvalue weighted by Crippen LogP contribution is -2.36. The first-order valence-corrected chi connectivity index (χ1v) is 5.58. The molecule has 17 heavy (non-hydrogen) atoms. The van der Waals surface area contributed by atoms with Crippen molar-refractivity contribution >= 4 is 23.5 Å². The van der Waals surface area contributed by atoms with Gasteiger partial charge < -0.3 is 10.4 Å². The molecule has 0 spiro atoms. The molecular formula is C12H14ClNO3. The first-order chi connectivity index (χ1) is 7.91. The summed E-state index contributed by atoms with van der Waals surface area (Å²) in [5.74, 6) is -1.65. The Labute approximate surface area is 105 Å². The summed E-state index contributed by atoms with van der Waals surface area (Å²) >= 11 is 5.72. The van der Waals surface area contributed by atoms with Crippen LogP contribution in [0.15, 0.2) is 24.3 Å². The van der Waals surface area contributed by atoms with Crippen LogP contribution in [0.2, 0.25) is 5.02 Å². The Morgan fingerprint density at radius 1 is 1.24 bits per heavy atom. The highest BCUT2D eigenvalue weighted by Gasteiger charge is 2.22. The van der Waals surface area contributed by atoms with Crippen molar-refractivity contribution in [3.63, 3.8) is 0 Å². The second-order valence-electron chi connectivity index (χ2n) is 3.99. The molecule has 0 radical (unpaired) electrons. The van der Waals surface area contributed by atoms with E-state index < -0.39 is 12.0 Å². The number of nitrogens with one attached hydrogen (secondary N) is 1. The fourth-order valence-corrected chi connectivity index (χ4v) is 1.38. The minimum Gasteiger partial charge on any atom is -0.479 e. The van der Waals surface area contributed by atoms with Crippen molar-refractivity contribution in [1.29, 1.82) is 0 Å². The van der Waals surface area contributed by atoms with Crippen molar-refractivity contribution in [1.82, 2.24) is 5.32 Å². The molecule has 0 saturated carbocycles. The first kappa shape index (κ1) is 13.5. The molecule has 2 N–H and O–H groups in total. The van der Waals surface area contributed by atoms with Crippen LogP contribution in [0, 0.1) is 5.92 Å². The molecule has 0 saturated heterocycles. The summed E-state index contributed by atoms with van der Waals surface area (Å²) in [5, 5.41) is 12.1. The predicted molar refractivity (Wildman–Crippen MR) is 64.8 cm³/mol. The van der Waals surface area contributed by atoms with Crippen molar-refractivity contribution in [3.8, 4) is 0 Å². The molecular weight excluding hydrogens is 242 g/mol. The highest BCUT2D eigenvalue weighted by atomic mass is 35.5. The van der Waals surface area contributed by atoms with Crippen LogP contribution in [-0.4, -0.2) is 17.0 Å². The number of rotatable bonds is 4. The average molecular weight is 256 g/mol. The van der Waals surface area contributed by atoms with Crippen LogP contribution in [0.5, 0.6) is 0 Å². The van der Waals surface area contributed by atoms with Crippen LogP contribution in [0.1, 0.15) is 25.5 Å². The third-order valence-electron chi connectivity index (χ3n) is 2.26. The summed E-state index contributed by atoms with van der Waals surface area (Å²) in [7, 11) is 0. The highest BCUT2D eigenvalue weighted by Crippen LogP contribution is 2.17. The van der Waals surface area contributed by atoms with Crippen molar-refractivity contribution in [3.05, 3.63) is 34.9 Å². The van der Waals surface area contributed by atoms with Gasteiger partial charge in [0.15, 0.2) is 6.04 Å². The van der Waals surface area contributed by atoms with Gasteiger partial charge in [-0.2, -0.15) is 0 Å². The van der Waals surface area contributed by atoms with E-state index in [0.29, 0.717) is 10.6 Å². The lowest BCUT2D eigenvalue weighted by Gasteiger charge is -2.16. The second kappa shape index (κ2) is 5.68. The Kier molecular flexibility index (Phi) is 4.52.